The summed E-state index contributed by atoms with van der Waals surface area (Å²) in [5, 5.41) is 0.949. The van der Waals surface area contributed by atoms with Gasteiger partial charge in [0.05, 0.1) is 17.3 Å². The molecule has 1 aliphatic heterocycles. The zero-order valence-corrected chi connectivity index (χ0v) is 14.0. The number of nitrogens with one attached hydrogen (secondary N) is 1. The van der Waals surface area contributed by atoms with E-state index in [-0.39, 0.29) is 12.4 Å². The van der Waals surface area contributed by atoms with Gasteiger partial charge in [-0.05, 0) is 30.3 Å². The lowest BCUT2D eigenvalue weighted by Gasteiger charge is -2.12. The molecule has 1 N–H and O–H groups in total. The van der Waals surface area contributed by atoms with Crippen LogP contribution in [0.1, 0.15) is 17.3 Å². The maximum atomic E-state index is 13.4. The number of ether oxygens (including phenoxy) is 1. The van der Waals surface area contributed by atoms with Crippen LogP contribution in [0.5, 0.6) is 5.75 Å². The van der Waals surface area contributed by atoms with E-state index >= 15 is 0 Å². The van der Waals surface area contributed by atoms with Crippen molar-refractivity contribution in [3.05, 3.63) is 71.7 Å². The van der Waals surface area contributed by atoms with Crippen molar-refractivity contribution in [2.24, 2.45) is 0 Å². The first kappa shape index (κ1) is 16.0. The lowest BCUT2D eigenvalue weighted by Crippen LogP contribution is -2.30. The smallest absolute Gasteiger partial charge is 0.218 e. The standard InChI is InChI=1S/C18H15FN2O3S/c19-13-6-8-18-15(9-13)17(10-24-18)21-25(22,23)11-14-7-5-12-3-1-2-4-16(12)20-14/h1-9,17,21H,10-11H2. The molecule has 0 aliphatic carbocycles. The average Bonchev–Trinajstić information content (AvgIpc) is 2.96. The van der Waals surface area contributed by atoms with Crippen LogP contribution in [-0.4, -0.2) is 20.0 Å². The normalized spacial score (nSPS) is 16.6. The topological polar surface area (TPSA) is 68.3 Å². The van der Waals surface area contributed by atoms with E-state index in [0.29, 0.717) is 17.0 Å². The minimum Gasteiger partial charge on any atom is -0.491 e. The Morgan fingerprint density at radius 3 is 2.88 bits per heavy atom. The maximum Gasteiger partial charge on any atom is 0.218 e. The number of hydrogen-bond donors (Lipinski definition) is 1. The lowest BCUT2D eigenvalue weighted by atomic mass is 10.1. The number of rotatable bonds is 4. The summed E-state index contributed by atoms with van der Waals surface area (Å²) in [6, 6.07) is 14.5. The van der Waals surface area contributed by atoms with Gasteiger partial charge in [0.15, 0.2) is 0 Å². The van der Waals surface area contributed by atoms with Crippen LogP contribution in [-0.2, 0) is 15.8 Å². The summed E-state index contributed by atoms with van der Waals surface area (Å²) in [6.07, 6.45) is 0. The van der Waals surface area contributed by atoms with Crippen LogP contribution in [0.4, 0.5) is 4.39 Å². The number of sulfonamides is 1. The summed E-state index contributed by atoms with van der Waals surface area (Å²) >= 11 is 0. The van der Waals surface area contributed by atoms with Crippen molar-refractivity contribution in [2.75, 3.05) is 6.61 Å². The van der Waals surface area contributed by atoms with Gasteiger partial charge in [0, 0.05) is 10.9 Å². The largest absolute Gasteiger partial charge is 0.491 e. The highest BCUT2D eigenvalue weighted by Crippen LogP contribution is 2.33. The van der Waals surface area contributed by atoms with Crippen LogP contribution in [0.25, 0.3) is 10.9 Å². The number of para-hydroxylation sites is 1. The highest BCUT2D eigenvalue weighted by Gasteiger charge is 2.28. The van der Waals surface area contributed by atoms with Gasteiger partial charge in [-0.25, -0.2) is 17.5 Å². The van der Waals surface area contributed by atoms with E-state index < -0.39 is 21.9 Å². The van der Waals surface area contributed by atoms with E-state index in [1.807, 2.05) is 30.3 Å². The number of aromatic nitrogens is 1. The number of hydrogen-bond acceptors (Lipinski definition) is 4. The molecular weight excluding hydrogens is 343 g/mol. The van der Waals surface area contributed by atoms with Crippen molar-refractivity contribution in [3.8, 4) is 5.75 Å². The highest BCUT2D eigenvalue weighted by molar-refractivity contribution is 7.88. The van der Waals surface area contributed by atoms with Gasteiger partial charge in [-0.15, -0.1) is 0 Å². The third-order valence-electron chi connectivity index (χ3n) is 4.07. The predicted octanol–water partition coefficient (Wildman–Crippen LogP) is 2.93. The fraction of sp³-hybridized carbons (Fsp3) is 0.167. The second-order valence-corrected chi connectivity index (χ2v) is 7.67. The van der Waals surface area contributed by atoms with Crippen molar-refractivity contribution < 1.29 is 17.5 Å². The van der Waals surface area contributed by atoms with Gasteiger partial charge in [-0.1, -0.05) is 24.3 Å². The molecule has 0 fully saturated rings. The number of halogens is 1. The Kier molecular flexibility index (Phi) is 3.89. The Morgan fingerprint density at radius 1 is 1.16 bits per heavy atom. The van der Waals surface area contributed by atoms with E-state index in [2.05, 4.69) is 9.71 Å². The highest BCUT2D eigenvalue weighted by atomic mass is 32.2. The van der Waals surface area contributed by atoms with E-state index in [0.717, 1.165) is 10.9 Å². The quantitative estimate of drug-likeness (QED) is 0.779. The number of fused-ring (bicyclic) bond motifs is 2. The van der Waals surface area contributed by atoms with Gasteiger partial charge in [-0.3, -0.25) is 4.98 Å². The molecule has 4 rings (SSSR count). The number of pyridine rings is 1. The molecule has 5 nitrogen and oxygen atoms in total. The molecule has 1 aliphatic rings. The van der Waals surface area contributed by atoms with Crippen LogP contribution in [0.15, 0.2) is 54.6 Å². The molecule has 1 aromatic heterocycles. The van der Waals surface area contributed by atoms with Gasteiger partial charge in [0.25, 0.3) is 0 Å². The summed E-state index contributed by atoms with van der Waals surface area (Å²) in [5.41, 5.74) is 1.70. The van der Waals surface area contributed by atoms with Gasteiger partial charge in [-0.2, -0.15) is 0 Å². The van der Waals surface area contributed by atoms with Crippen LogP contribution >= 0.6 is 0 Å². The van der Waals surface area contributed by atoms with Gasteiger partial charge in [0.2, 0.25) is 10.0 Å². The number of benzene rings is 2. The van der Waals surface area contributed by atoms with Gasteiger partial charge < -0.3 is 4.74 Å². The maximum absolute atomic E-state index is 13.4. The molecule has 1 unspecified atom stereocenters. The number of nitrogens with zero attached hydrogens (tertiary/aromatic N) is 1. The monoisotopic (exact) mass is 358 g/mol. The summed E-state index contributed by atoms with van der Waals surface area (Å²) in [6.45, 7) is 0.142. The minimum atomic E-state index is -3.66. The zero-order chi connectivity index (χ0) is 17.4. The average molecular weight is 358 g/mol. The molecule has 0 radical (unpaired) electrons. The van der Waals surface area contributed by atoms with Crippen molar-refractivity contribution >= 4 is 20.9 Å². The molecule has 7 heteroatoms. The Bertz CT molecular complexity index is 1050. The van der Waals surface area contributed by atoms with Crippen molar-refractivity contribution in [3.63, 3.8) is 0 Å². The van der Waals surface area contributed by atoms with Crippen LogP contribution in [0, 0.1) is 5.82 Å². The van der Waals surface area contributed by atoms with Gasteiger partial charge >= 0.3 is 0 Å². The lowest BCUT2D eigenvalue weighted by molar-refractivity contribution is 0.325. The second-order valence-electron chi connectivity index (χ2n) is 5.92. The first-order chi connectivity index (χ1) is 12.0. The predicted molar refractivity (Wildman–Crippen MR) is 92.1 cm³/mol. The van der Waals surface area contributed by atoms with Crippen LogP contribution in [0.3, 0.4) is 0 Å². The first-order valence-corrected chi connectivity index (χ1v) is 9.42. The first-order valence-electron chi connectivity index (χ1n) is 7.77. The van der Waals surface area contributed by atoms with Crippen molar-refractivity contribution in [1.82, 2.24) is 9.71 Å². The minimum absolute atomic E-state index is 0.142. The Balaban J connectivity index is 1.55. The third kappa shape index (κ3) is 3.33. The summed E-state index contributed by atoms with van der Waals surface area (Å²) in [4.78, 5) is 4.38. The molecular formula is C18H15FN2O3S. The van der Waals surface area contributed by atoms with E-state index in [1.165, 1.54) is 18.2 Å². The molecule has 0 spiro atoms. The van der Waals surface area contributed by atoms with E-state index in [1.54, 1.807) is 6.07 Å². The Labute approximate surface area is 144 Å². The molecule has 0 bridgehead atoms. The Hall–Kier alpha value is -2.51. The molecule has 2 heterocycles. The SMILES string of the molecule is O=S(=O)(Cc1ccc2ccccc2n1)NC1COc2ccc(F)cc21. The molecule has 0 amide bonds. The van der Waals surface area contributed by atoms with E-state index in [4.69, 9.17) is 4.74 Å². The fourth-order valence-electron chi connectivity index (χ4n) is 2.93. The van der Waals surface area contributed by atoms with Crippen molar-refractivity contribution in [1.29, 1.82) is 0 Å². The van der Waals surface area contributed by atoms with Gasteiger partial charge in [0.1, 0.15) is 23.9 Å². The van der Waals surface area contributed by atoms with E-state index in [9.17, 15) is 12.8 Å². The molecule has 128 valence electrons. The summed E-state index contributed by atoms with van der Waals surface area (Å²) in [5.74, 6) is -0.179. The summed E-state index contributed by atoms with van der Waals surface area (Å²) in [7, 11) is -3.66. The molecule has 0 saturated carbocycles. The molecule has 0 saturated heterocycles. The van der Waals surface area contributed by atoms with Crippen LogP contribution < -0.4 is 9.46 Å². The fourth-order valence-corrected chi connectivity index (χ4v) is 4.19. The zero-order valence-electron chi connectivity index (χ0n) is 13.1. The molecule has 2 aromatic carbocycles. The second kappa shape index (κ2) is 6.09. The summed E-state index contributed by atoms with van der Waals surface area (Å²) < 4.78 is 46.4. The van der Waals surface area contributed by atoms with Crippen LogP contribution in [0.2, 0.25) is 0 Å². The Morgan fingerprint density at radius 2 is 2.00 bits per heavy atom. The molecule has 3 aromatic rings. The van der Waals surface area contributed by atoms with Crippen molar-refractivity contribution in [2.45, 2.75) is 11.8 Å². The molecule has 25 heavy (non-hydrogen) atoms. The molecule has 1 atom stereocenters. The third-order valence-corrected chi connectivity index (χ3v) is 5.39.